The van der Waals surface area contributed by atoms with Crippen LogP contribution in [0.5, 0.6) is 0 Å². The number of esters is 1. The second kappa shape index (κ2) is 7.50. The molecule has 7 nitrogen and oxygen atoms in total. The van der Waals surface area contributed by atoms with E-state index in [0.717, 1.165) is 0 Å². The molecule has 2 rings (SSSR count). The minimum Gasteiger partial charge on any atom is -0.456 e. The van der Waals surface area contributed by atoms with Gasteiger partial charge in [-0.05, 0) is 18.2 Å². The number of amides is 2. The fourth-order valence-electron chi connectivity index (χ4n) is 1.73. The maximum absolute atomic E-state index is 12.0. The molecule has 0 spiro atoms. The lowest BCUT2D eigenvalue weighted by molar-refractivity contribution is -0.115. The third-order valence-corrected chi connectivity index (χ3v) is 3.41. The van der Waals surface area contributed by atoms with Gasteiger partial charge in [-0.25, -0.2) is 9.78 Å². The Kier molecular flexibility index (Phi) is 5.42. The second-order valence-corrected chi connectivity index (χ2v) is 5.52. The average Bonchev–Trinajstić information content (AvgIpc) is 2.91. The van der Waals surface area contributed by atoms with E-state index >= 15 is 0 Å². The van der Waals surface area contributed by atoms with E-state index in [1.165, 1.54) is 31.3 Å². The number of benzene rings is 1. The van der Waals surface area contributed by atoms with E-state index in [4.69, 9.17) is 4.74 Å². The van der Waals surface area contributed by atoms with Crippen molar-refractivity contribution in [3.8, 4) is 0 Å². The van der Waals surface area contributed by atoms with E-state index in [-0.39, 0.29) is 18.4 Å². The van der Waals surface area contributed by atoms with E-state index in [1.807, 2.05) is 0 Å². The lowest BCUT2D eigenvalue weighted by Crippen LogP contribution is -2.09. The summed E-state index contributed by atoms with van der Waals surface area (Å²) in [4.78, 5) is 38.1. The molecule has 120 valence electrons. The smallest absolute Gasteiger partial charge is 0.338 e. The minimum atomic E-state index is -0.522. The highest BCUT2D eigenvalue weighted by atomic mass is 32.1. The molecule has 0 radical (unpaired) electrons. The van der Waals surface area contributed by atoms with Crippen LogP contribution in [0.2, 0.25) is 0 Å². The maximum Gasteiger partial charge on any atom is 0.338 e. The van der Waals surface area contributed by atoms with Gasteiger partial charge in [0.05, 0.1) is 11.3 Å². The summed E-state index contributed by atoms with van der Waals surface area (Å²) in [5.41, 5.74) is 1.40. The molecule has 0 fully saturated rings. The van der Waals surface area contributed by atoms with Gasteiger partial charge in [0.1, 0.15) is 6.61 Å². The summed E-state index contributed by atoms with van der Waals surface area (Å²) in [5, 5.41) is 7.31. The number of aromatic nitrogens is 1. The number of anilines is 2. The number of nitrogens with one attached hydrogen (secondary N) is 2. The molecule has 8 heteroatoms. The first-order chi connectivity index (χ1) is 10.9. The molecule has 0 atom stereocenters. The topological polar surface area (TPSA) is 97.4 Å². The molecule has 1 aromatic heterocycles. The fourth-order valence-corrected chi connectivity index (χ4v) is 2.47. The van der Waals surface area contributed by atoms with Crippen molar-refractivity contribution in [2.24, 2.45) is 0 Å². The Morgan fingerprint density at radius 3 is 2.61 bits per heavy atom. The Morgan fingerprint density at radius 2 is 1.91 bits per heavy atom. The second-order valence-electron chi connectivity index (χ2n) is 4.66. The standard InChI is InChI=1S/C15H15N3O4S/c1-9(19)16-12-5-3-4-11(6-12)14(21)22-7-13-8-23-15(18-13)17-10(2)20/h3-6,8H,7H2,1-2H3,(H,16,19)(H,17,18,20). The molecule has 23 heavy (non-hydrogen) atoms. The van der Waals surface area contributed by atoms with Crippen molar-refractivity contribution in [2.75, 3.05) is 10.6 Å². The Morgan fingerprint density at radius 1 is 1.17 bits per heavy atom. The van der Waals surface area contributed by atoms with E-state index < -0.39 is 5.97 Å². The van der Waals surface area contributed by atoms with E-state index in [9.17, 15) is 14.4 Å². The fraction of sp³-hybridized carbons (Fsp3) is 0.200. The zero-order valence-corrected chi connectivity index (χ0v) is 13.4. The first kappa shape index (κ1) is 16.6. The number of carbonyl (C=O) groups excluding carboxylic acids is 3. The van der Waals surface area contributed by atoms with E-state index in [2.05, 4.69) is 15.6 Å². The highest BCUT2D eigenvalue weighted by molar-refractivity contribution is 7.13. The number of rotatable bonds is 5. The summed E-state index contributed by atoms with van der Waals surface area (Å²) < 4.78 is 5.17. The van der Waals surface area contributed by atoms with Gasteiger partial charge < -0.3 is 15.4 Å². The molecule has 2 aromatic rings. The van der Waals surface area contributed by atoms with Crippen molar-refractivity contribution in [3.63, 3.8) is 0 Å². The van der Waals surface area contributed by atoms with Gasteiger partial charge in [-0.2, -0.15) is 0 Å². The van der Waals surface area contributed by atoms with Crippen molar-refractivity contribution in [3.05, 3.63) is 40.9 Å². The molecular formula is C15H15N3O4S. The molecule has 1 aromatic carbocycles. The van der Waals surface area contributed by atoms with Crippen LogP contribution in [0.3, 0.4) is 0 Å². The Labute approximate surface area is 136 Å². The van der Waals surface area contributed by atoms with Crippen LogP contribution in [0.15, 0.2) is 29.6 Å². The third kappa shape index (κ3) is 5.19. The third-order valence-electron chi connectivity index (χ3n) is 2.60. The molecule has 0 saturated carbocycles. The van der Waals surface area contributed by atoms with Gasteiger partial charge >= 0.3 is 5.97 Å². The maximum atomic E-state index is 12.0. The molecule has 0 saturated heterocycles. The minimum absolute atomic E-state index is 0.000712. The molecule has 2 N–H and O–H groups in total. The van der Waals surface area contributed by atoms with Crippen molar-refractivity contribution >= 4 is 39.9 Å². The van der Waals surface area contributed by atoms with Crippen LogP contribution in [0, 0.1) is 0 Å². The van der Waals surface area contributed by atoms with Gasteiger partial charge in [0.15, 0.2) is 5.13 Å². The number of ether oxygens (including phenoxy) is 1. The number of thiazole rings is 1. The number of hydrogen-bond donors (Lipinski definition) is 2. The molecule has 0 aliphatic heterocycles. The van der Waals surface area contributed by atoms with Crippen LogP contribution < -0.4 is 10.6 Å². The Balaban J connectivity index is 1.95. The van der Waals surface area contributed by atoms with Crippen molar-refractivity contribution in [2.45, 2.75) is 20.5 Å². The zero-order valence-electron chi connectivity index (χ0n) is 12.6. The van der Waals surface area contributed by atoms with E-state index in [1.54, 1.807) is 23.6 Å². The summed E-state index contributed by atoms with van der Waals surface area (Å²) in [5.74, 6) is -0.951. The van der Waals surface area contributed by atoms with Crippen molar-refractivity contribution in [1.29, 1.82) is 0 Å². The predicted octanol–water partition coefficient (Wildman–Crippen LogP) is 2.42. The Hall–Kier alpha value is -2.74. The van der Waals surface area contributed by atoms with Crippen LogP contribution in [0.25, 0.3) is 0 Å². The molecule has 0 aliphatic rings. The lowest BCUT2D eigenvalue weighted by Gasteiger charge is -2.06. The van der Waals surface area contributed by atoms with Gasteiger partial charge in [-0.3, -0.25) is 9.59 Å². The number of nitrogens with zero attached hydrogens (tertiary/aromatic N) is 1. The van der Waals surface area contributed by atoms with Gasteiger partial charge in [-0.15, -0.1) is 11.3 Å². The van der Waals surface area contributed by atoms with Crippen LogP contribution in [-0.4, -0.2) is 22.8 Å². The van der Waals surface area contributed by atoms with Gasteiger partial charge in [0.2, 0.25) is 11.8 Å². The first-order valence-corrected chi connectivity index (χ1v) is 7.59. The molecule has 0 bridgehead atoms. The number of carbonyl (C=O) groups is 3. The molecule has 0 unspecified atom stereocenters. The number of hydrogen-bond acceptors (Lipinski definition) is 6. The van der Waals surface area contributed by atoms with E-state index in [0.29, 0.717) is 22.1 Å². The summed E-state index contributed by atoms with van der Waals surface area (Å²) >= 11 is 1.25. The highest BCUT2D eigenvalue weighted by Gasteiger charge is 2.10. The summed E-state index contributed by atoms with van der Waals surface area (Å²) in [7, 11) is 0. The Bertz CT molecular complexity index is 742. The molecule has 1 heterocycles. The van der Waals surface area contributed by atoms with Crippen LogP contribution >= 0.6 is 11.3 Å². The lowest BCUT2D eigenvalue weighted by atomic mass is 10.2. The molecule has 2 amide bonds. The monoisotopic (exact) mass is 333 g/mol. The quantitative estimate of drug-likeness (QED) is 0.819. The first-order valence-electron chi connectivity index (χ1n) is 6.71. The largest absolute Gasteiger partial charge is 0.456 e. The SMILES string of the molecule is CC(=O)Nc1cccc(C(=O)OCc2csc(NC(C)=O)n2)c1. The normalized spacial score (nSPS) is 10.0. The highest BCUT2D eigenvalue weighted by Crippen LogP contribution is 2.17. The summed E-state index contributed by atoms with van der Waals surface area (Å²) in [6.07, 6.45) is 0. The van der Waals surface area contributed by atoms with Crippen LogP contribution in [0.4, 0.5) is 10.8 Å². The van der Waals surface area contributed by atoms with Gasteiger partial charge in [-0.1, -0.05) is 6.07 Å². The van der Waals surface area contributed by atoms with Crippen molar-refractivity contribution in [1.82, 2.24) is 4.98 Å². The van der Waals surface area contributed by atoms with Crippen LogP contribution in [0.1, 0.15) is 29.9 Å². The molecule has 0 aliphatic carbocycles. The van der Waals surface area contributed by atoms with Gasteiger partial charge in [0, 0.05) is 24.9 Å². The molecular weight excluding hydrogens is 318 g/mol. The van der Waals surface area contributed by atoms with Gasteiger partial charge in [0.25, 0.3) is 0 Å². The van der Waals surface area contributed by atoms with Crippen LogP contribution in [-0.2, 0) is 20.9 Å². The zero-order chi connectivity index (χ0) is 16.8. The summed E-state index contributed by atoms with van der Waals surface area (Å²) in [6, 6.07) is 6.46. The summed E-state index contributed by atoms with van der Waals surface area (Å²) in [6.45, 7) is 2.78. The average molecular weight is 333 g/mol. The van der Waals surface area contributed by atoms with Crippen molar-refractivity contribution < 1.29 is 19.1 Å². The predicted molar refractivity (Wildman–Crippen MR) is 86.3 cm³/mol.